The van der Waals surface area contributed by atoms with Crippen molar-refractivity contribution in [3.8, 4) is 5.88 Å². The molecule has 0 unspecified atom stereocenters. The topological polar surface area (TPSA) is 77.2 Å². The highest BCUT2D eigenvalue weighted by atomic mass is 127. The van der Waals surface area contributed by atoms with E-state index in [1.54, 1.807) is 6.07 Å². The van der Waals surface area contributed by atoms with Crippen LogP contribution in [0.1, 0.15) is 49.9 Å². The molecule has 1 heterocycles. The van der Waals surface area contributed by atoms with Gasteiger partial charge in [0.25, 0.3) is 5.91 Å². The fourth-order valence-corrected chi connectivity index (χ4v) is 3.18. The highest BCUT2D eigenvalue weighted by Gasteiger charge is 2.21. The summed E-state index contributed by atoms with van der Waals surface area (Å²) in [4.78, 5) is 15.9. The van der Waals surface area contributed by atoms with Crippen LogP contribution in [0.25, 0.3) is 0 Å². The second kappa shape index (κ2) is 7.29. The quantitative estimate of drug-likeness (QED) is 0.741. The third-order valence-electron chi connectivity index (χ3n) is 3.84. The van der Waals surface area contributed by atoms with E-state index in [9.17, 15) is 4.79 Å². The number of rotatable bonds is 5. The molecule has 3 N–H and O–H groups in total. The first kappa shape index (κ1) is 16.3. The summed E-state index contributed by atoms with van der Waals surface area (Å²) in [6.45, 7) is 4.61. The minimum atomic E-state index is -0.512. The number of nitrogens with one attached hydrogen (secondary N) is 1. The number of hydrogen-bond acceptors (Lipinski definition) is 4. The molecule has 1 fully saturated rings. The summed E-state index contributed by atoms with van der Waals surface area (Å²) in [7, 11) is 0. The molecule has 1 amide bonds. The molecule has 0 aromatic carbocycles. The van der Waals surface area contributed by atoms with Crippen LogP contribution in [0.15, 0.2) is 6.07 Å². The summed E-state index contributed by atoms with van der Waals surface area (Å²) < 4.78 is 6.34. The fraction of sp³-hybridized carbons (Fsp3) is 0.600. The van der Waals surface area contributed by atoms with E-state index in [1.807, 2.05) is 6.92 Å². The average molecular weight is 403 g/mol. The Hall–Kier alpha value is -1.05. The van der Waals surface area contributed by atoms with Crippen LogP contribution < -0.4 is 15.8 Å². The third-order valence-corrected chi connectivity index (χ3v) is 4.67. The van der Waals surface area contributed by atoms with Crippen molar-refractivity contribution >= 4 is 34.3 Å². The highest BCUT2D eigenvalue weighted by Crippen LogP contribution is 2.29. The number of aromatic nitrogens is 1. The Bertz CT molecular complexity index is 514. The Morgan fingerprint density at radius 2 is 2.14 bits per heavy atom. The van der Waals surface area contributed by atoms with Crippen molar-refractivity contribution in [2.45, 2.75) is 45.6 Å². The number of ether oxygens (including phenoxy) is 1. The predicted octanol–water partition coefficient (Wildman–Crippen LogP) is 3.17. The van der Waals surface area contributed by atoms with Crippen LogP contribution in [0.2, 0.25) is 0 Å². The number of primary amides is 1. The molecule has 1 aromatic heterocycles. The molecule has 0 atom stereocenters. The number of amides is 1. The van der Waals surface area contributed by atoms with Crippen molar-refractivity contribution in [2.75, 3.05) is 11.9 Å². The maximum absolute atomic E-state index is 11.5. The van der Waals surface area contributed by atoms with Gasteiger partial charge >= 0.3 is 0 Å². The molecule has 1 saturated carbocycles. The number of anilines is 1. The first-order chi connectivity index (χ1) is 10.0. The SMILES string of the molecule is CCOc1nc(NC2CCC(C)CC2)c(I)cc1C(N)=O. The Morgan fingerprint density at radius 1 is 1.48 bits per heavy atom. The Labute approximate surface area is 139 Å². The number of hydrogen-bond donors (Lipinski definition) is 2. The van der Waals surface area contributed by atoms with Crippen molar-refractivity contribution in [3.05, 3.63) is 15.2 Å². The van der Waals surface area contributed by atoms with E-state index in [0.717, 1.165) is 28.1 Å². The van der Waals surface area contributed by atoms with Crippen LogP contribution >= 0.6 is 22.6 Å². The van der Waals surface area contributed by atoms with Gasteiger partial charge in [-0.25, -0.2) is 0 Å². The summed E-state index contributed by atoms with van der Waals surface area (Å²) in [5.41, 5.74) is 5.72. The summed E-state index contributed by atoms with van der Waals surface area (Å²) >= 11 is 2.18. The van der Waals surface area contributed by atoms with Crippen molar-refractivity contribution in [2.24, 2.45) is 11.7 Å². The summed E-state index contributed by atoms with van der Waals surface area (Å²) in [5, 5.41) is 3.48. The van der Waals surface area contributed by atoms with Crippen LogP contribution in [0.5, 0.6) is 5.88 Å². The van der Waals surface area contributed by atoms with Gasteiger partial charge in [0.1, 0.15) is 11.4 Å². The van der Waals surface area contributed by atoms with Crippen molar-refractivity contribution in [1.29, 1.82) is 0 Å². The lowest BCUT2D eigenvalue weighted by molar-refractivity contribution is 0.0996. The molecular formula is C15H22IN3O2. The lowest BCUT2D eigenvalue weighted by Crippen LogP contribution is -2.26. The predicted molar refractivity (Wildman–Crippen MR) is 91.7 cm³/mol. The molecule has 1 aromatic rings. The van der Waals surface area contributed by atoms with Crippen LogP contribution in [0.3, 0.4) is 0 Å². The monoisotopic (exact) mass is 403 g/mol. The van der Waals surface area contributed by atoms with Crippen molar-refractivity contribution in [1.82, 2.24) is 4.98 Å². The summed E-state index contributed by atoms with van der Waals surface area (Å²) in [5.74, 6) is 1.40. The average Bonchev–Trinajstić information content (AvgIpc) is 2.44. The van der Waals surface area contributed by atoms with Gasteiger partial charge in [-0.2, -0.15) is 4.98 Å². The molecule has 0 aliphatic heterocycles. The van der Waals surface area contributed by atoms with Gasteiger partial charge in [0.05, 0.1) is 10.2 Å². The zero-order chi connectivity index (χ0) is 15.4. The molecule has 0 radical (unpaired) electrons. The lowest BCUT2D eigenvalue weighted by atomic mass is 9.87. The smallest absolute Gasteiger partial charge is 0.254 e. The molecular weight excluding hydrogens is 381 g/mol. The van der Waals surface area contributed by atoms with E-state index in [0.29, 0.717) is 24.1 Å². The first-order valence-corrected chi connectivity index (χ1v) is 8.48. The van der Waals surface area contributed by atoms with E-state index >= 15 is 0 Å². The minimum Gasteiger partial charge on any atom is -0.477 e. The van der Waals surface area contributed by atoms with Crippen LogP contribution in [0, 0.1) is 9.49 Å². The zero-order valence-electron chi connectivity index (χ0n) is 12.5. The van der Waals surface area contributed by atoms with Crippen molar-refractivity contribution < 1.29 is 9.53 Å². The van der Waals surface area contributed by atoms with Crippen LogP contribution in [-0.4, -0.2) is 23.5 Å². The second-order valence-electron chi connectivity index (χ2n) is 5.57. The molecule has 0 bridgehead atoms. The number of nitrogens with two attached hydrogens (primary N) is 1. The van der Waals surface area contributed by atoms with Gasteiger partial charge in [-0.15, -0.1) is 0 Å². The standard InChI is InChI=1S/C15H22IN3O2/c1-3-21-15-11(13(17)20)8-12(16)14(19-15)18-10-6-4-9(2)5-7-10/h8-10H,3-7H2,1-2H3,(H2,17,20)(H,18,19). The molecule has 0 spiro atoms. The molecule has 21 heavy (non-hydrogen) atoms. The van der Waals surface area contributed by atoms with Gasteiger partial charge in [0.2, 0.25) is 5.88 Å². The normalized spacial score (nSPS) is 21.9. The number of nitrogens with zero attached hydrogens (tertiary/aromatic N) is 1. The van der Waals surface area contributed by atoms with Gasteiger partial charge < -0.3 is 15.8 Å². The summed E-state index contributed by atoms with van der Waals surface area (Å²) in [6.07, 6.45) is 4.79. The molecule has 1 aliphatic carbocycles. The summed E-state index contributed by atoms with van der Waals surface area (Å²) in [6, 6.07) is 2.19. The van der Waals surface area contributed by atoms with Gasteiger partial charge in [-0.05, 0) is 67.2 Å². The van der Waals surface area contributed by atoms with E-state index < -0.39 is 5.91 Å². The van der Waals surface area contributed by atoms with Gasteiger partial charge in [-0.3, -0.25) is 4.79 Å². The number of halogens is 1. The molecule has 2 rings (SSSR count). The number of carbonyl (C=O) groups excluding carboxylic acids is 1. The van der Waals surface area contributed by atoms with Crippen LogP contribution in [-0.2, 0) is 0 Å². The van der Waals surface area contributed by atoms with Gasteiger partial charge in [0.15, 0.2) is 0 Å². The minimum absolute atomic E-state index is 0.317. The number of carbonyl (C=O) groups is 1. The molecule has 5 nitrogen and oxygen atoms in total. The highest BCUT2D eigenvalue weighted by molar-refractivity contribution is 14.1. The second-order valence-corrected chi connectivity index (χ2v) is 6.73. The van der Waals surface area contributed by atoms with Crippen LogP contribution in [0.4, 0.5) is 5.82 Å². The van der Waals surface area contributed by atoms with E-state index in [1.165, 1.54) is 12.8 Å². The fourth-order valence-electron chi connectivity index (χ4n) is 2.59. The largest absolute Gasteiger partial charge is 0.477 e. The van der Waals surface area contributed by atoms with Crippen molar-refractivity contribution in [3.63, 3.8) is 0 Å². The number of pyridine rings is 1. The zero-order valence-corrected chi connectivity index (χ0v) is 14.6. The molecule has 6 heteroatoms. The van der Waals surface area contributed by atoms with E-state index in [2.05, 4.69) is 39.8 Å². The van der Waals surface area contributed by atoms with E-state index in [-0.39, 0.29) is 0 Å². The lowest BCUT2D eigenvalue weighted by Gasteiger charge is -2.27. The van der Waals surface area contributed by atoms with Gasteiger partial charge in [0, 0.05) is 6.04 Å². The van der Waals surface area contributed by atoms with E-state index in [4.69, 9.17) is 10.5 Å². The Morgan fingerprint density at radius 3 is 2.71 bits per heavy atom. The maximum atomic E-state index is 11.5. The van der Waals surface area contributed by atoms with Gasteiger partial charge in [-0.1, -0.05) is 6.92 Å². The maximum Gasteiger partial charge on any atom is 0.254 e. The Kier molecular flexibility index (Phi) is 5.66. The third kappa shape index (κ3) is 4.21. The first-order valence-electron chi connectivity index (χ1n) is 7.41. The molecule has 1 aliphatic rings. The molecule has 0 saturated heterocycles. The molecule has 116 valence electrons. The Balaban J connectivity index is 2.19.